The predicted octanol–water partition coefficient (Wildman–Crippen LogP) is 1.71. The zero-order chi connectivity index (χ0) is 14.7. The van der Waals surface area contributed by atoms with Crippen LogP contribution in [-0.4, -0.2) is 55.5 Å². The highest BCUT2D eigenvalue weighted by Gasteiger charge is 2.23. The molecule has 1 aromatic carbocycles. The molecule has 0 amide bonds. The Balaban J connectivity index is 1.60. The lowest BCUT2D eigenvalue weighted by Gasteiger charge is -2.32. The number of aliphatic imine (C=N–C) groups is 1. The molecule has 1 saturated heterocycles. The standard InChI is InChI=1S/C17H26N4/c1-18-17(19-12-16-8-5-10-20(16)2)21-11-9-14-6-3-4-7-15(14)13-21/h3-4,6-7,16H,5,8-13H2,1-2H3,(H,18,19). The lowest BCUT2D eigenvalue weighted by Crippen LogP contribution is -2.47. The number of nitrogens with zero attached hydrogens (tertiary/aromatic N) is 3. The van der Waals surface area contributed by atoms with Gasteiger partial charge in [-0.05, 0) is 44.0 Å². The summed E-state index contributed by atoms with van der Waals surface area (Å²) in [5.74, 6) is 1.05. The molecule has 114 valence electrons. The van der Waals surface area contributed by atoms with E-state index < -0.39 is 0 Å². The molecule has 3 rings (SSSR count). The largest absolute Gasteiger partial charge is 0.355 e. The van der Waals surface area contributed by atoms with Crippen molar-refractivity contribution < 1.29 is 0 Å². The van der Waals surface area contributed by atoms with Crippen LogP contribution in [0.3, 0.4) is 0 Å². The number of hydrogen-bond acceptors (Lipinski definition) is 2. The first-order chi connectivity index (χ1) is 10.3. The number of likely N-dealkylation sites (N-methyl/N-ethyl adjacent to an activating group) is 1. The van der Waals surface area contributed by atoms with Gasteiger partial charge in [-0.2, -0.15) is 0 Å². The summed E-state index contributed by atoms with van der Waals surface area (Å²) in [6.07, 6.45) is 3.72. The highest BCUT2D eigenvalue weighted by atomic mass is 15.3. The van der Waals surface area contributed by atoms with Gasteiger partial charge in [-0.1, -0.05) is 24.3 Å². The monoisotopic (exact) mass is 286 g/mol. The van der Waals surface area contributed by atoms with E-state index in [1.807, 2.05) is 7.05 Å². The summed E-state index contributed by atoms with van der Waals surface area (Å²) in [5.41, 5.74) is 2.92. The second kappa shape index (κ2) is 6.48. The lowest BCUT2D eigenvalue weighted by atomic mass is 10.0. The van der Waals surface area contributed by atoms with E-state index in [0.717, 1.165) is 32.0 Å². The van der Waals surface area contributed by atoms with Gasteiger partial charge in [0, 0.05) is 32.7 Å². The molecule has 1 N–H and O–H groups in total. The van der Waals surface area contributed by atoms with E-state index in [4.69, 9.17) is 0 Å². The third-order valence-electron chi connectivity index (χ3n) is 4.81. The van der Waals surface area contributed by atoms with Crippen LogP contribution in [0.15, 0.2) is 29.3 Å². The van der Waals surface area contributed by atoms with Crippen molar-refractivity contribution in [1.82, 2.24) is 15.1 Å². The average Bonchev–Trinajstić information content (AvgIpc) is 2.93. The lowest BCUT2D eigenvalue weighted by molar-refractivity contribution is 0.303. The summed E-state index contributed by atoms with van der Waals surface area (Å²) >= 11 is 0. The second-order valence-electron chi connectivity index (χ2n) is 6.15. The highest BCUT2D eigenvalue weighted by molar-refractivity contribution is 5.80. The predicted molar refractivity (Wildman–Crippen MR) is 87.6 cm³/mol. The number of guanidine groups is 1. The van der Waals surface area contributed by atoms with E-state index in [2.05, 4.69) is 51.4 Å². The van der Waals surface area contributed by atoms with Gasteiger partial charge in [-0.15, -0.1) is 0 Å². The maximum Gasteiger partial charge on any atom is 0.194 e. The smallest absolute Gasteiger partial charge is 0.194 e. The Morgan fingerprint density at radius 2 is 2.10 bits per heavy atom. The normalized spacial score (nSPS) is 23.2. The van der Waals surface area contributed by atoms with Gasteiger partial charge >= 0.3 is 0 Å². The molecule has 0 spiro atoms. The van der Waals surface area contributed by atoms with Crippen LogP contribution < -0.4 is 5.32 Å². The molecule has 0 saturated carbocycles. The molecule has 0 radical (unpaired) electrons. The molecule has 2 aliphatic heterocycles. The summed E-state index contributed by atoms with van der Waals surface area (Å²) in [6, 6.07) is 9.40. The summed E-state index contributed by atoms with van der Waals surface area (Å²) in [5, 5.41) is 3.58. The minimum absolute atomic E-state index is 0.652. The molecular formula is C17H26N4. The van der Waals surface area contributed by atoms with Crippen LogP contribution >= 0.6 is 0 Å². The van der Waals surface area contributed by atoms with Gasteiger partial charge in [-0.3, -0.25) is 4.99 Å². The molecule has 21 heavy (non-hydrogen) atoms. The summed E-state index contributed by atoms with van der Waals surface area (Å²) in [6.45, 7) is 4.25. The van der Waals surface area contributed by atoms with E-state index >= 15 is 0 Å². The number of hydrogen-bond donors (Lipinski definition) is 1. The third-order valence-corrected chi connectivity index (χ3v) is 4.81. The number of nitrogens with one attached hydrogen (secondary N) is 1. The van der Waals surface area contributed by atoms with Gasteiger partial charge in [0.25, 0.3) is 0 Å². The van der Waals surface area contributed by atoms with Gasteiger partial charge in [0.15, 0.2) is 5.96 Å². The fourth-order valence-corrected chi connectivity index (χ4v) is 3.46. The molecular weight excluding hydrogens is 260 g/mol. The summed E-state index contributed by atoms with van der Waals surface area (Å²) < 4.78 is 0. The van der Waals surface area contributed by atoms with Crippen LogP contribution in [-0.2, 0) is 13.0 Å². The first-order valence-corrected chi connectivity index (χ1v) is 8.00. The van der Waals surface area contributed by atoms with Crippen molar-refractivity contribution in [3.63, 3.8) is 0 Å². The van der Waals surface area contributed by atoms with E-state index in [1.54, 1.807) is 0 Å². The van der Waals surface area contributed by atoms with Crippen molar-refractivity contribution in [3.8, 4) is 0 Å². The quantitative estimate of drug-likeness (QED) is 0.663. The van der Waals surface area contributed by atoms with Crippen molar-refractivity contribution in [2.45, 2.75) is 31.8 Å². The van der Waals surface area contributed by atoms with Crippen molar-refractivity contribution in [3.05, 3.63) is 35.4 Å². The van der Waals surface area contributed by atoms with E-state index in [0.29, 0.717) is 6.04 Å². The van der Waals surface area contributed by atoms with Gasteiger partial charge in [0.2, 0.25) is 0 Å². The fourth-order valence-electron chi connectivity index (χ4n) is 3.46. The molecule has 4 heteroatoms. The highest BCUT2D eigenvalue weighted by Crippen LogP contribution is 2.19. The SMILES string of the molecule is CN=C(NCC1CCCN1C)N1CCc2ccccc2C1. The number of rotatable bonds is 2. The molecule has 1 aromatic rings. The van der Waals surface area contributed by atoms with Crippen LogP contribution in [0, 0.1) is 0 Å². The van der Waals surface area contributed by atoms with Crippen LogP contribution in [0.4, 0.5) is 0 Å². The average molecular weight is 286 g/mol. The van der Waals surface area contributed by atoms with Crippen molar-refractivity contribution >= 4 is 5.96 Å². The molecule has 2 heterocycles. The van der Waals surface area contributed by atoms with E-state index in [-0.39, 0.29) is 0 Å². The number of fused-ring (bicyclic) bond motifs is 1. The Morgan fingerprint density at radius 3 is 2.81 bits per heavy atom. The molecule has 0 aromatic heterocycles. The van der Waals surface area contributed by atoms with Crippen LogP contribution in [0.1, 0.15) is 24.0 Å². The molecule has 2 aliphatic rings. The van der Waals surface area contributed by atoms with Crippen molar-refractivity contribution in [1.29, 1.82) is 0 Å². The Hall–Kier alpha value is -1.55. The van der Waals surface area contributed by atoms with E-state index in [1.165, 1.54) is 30.5 Å². The fraction of sp³-hybridized carbons (Fsp3) is 0.588. The van der Waals surface area contributed by atoms with Crippen LogP contribution in [0.25, 0.3) is 0 Å². The molecule has 1 unspecified atom stereocenters. The van der Waals surface area contributed by atoms with Crippen LogP contribution in [0.5, 0.6) is 0 Å². The minimum Gasteiger partial charge on any atom is -0.355 e. The number of benzene rings is 1. The molecule has 4 nitrogen and oxygen atoms in total. The Kier molecular flexibility index (Phi) is 4.44. The number of likely N-dealkylation sites (tertiary alicyclic amines) is 1. The van der Waals surface area contributed by atoms with Gasteiger partial charge < -0.3 is 15.1 Å². The first kappa shape index (κ1) is 14.4. The van der Waals surface area contributed by atoms with Crippen molar-refractivity contribution in [2.75, 3.05) is 33.7 Å². The molecule has 1 atom stereocenters. The van der Waals surface area contributed by atoms with Gasteiger partial charge in [-0.25, -0.2) is 0 Å². The maximum atomic E-state index is 4.48. The Morgan fingerprint density at radius 1 is 1.29 bits per heavy atom. The Labute approximate surface area is 127 Å². The maximum absolute atomic E-state index is 4.48. The topological polar surface area (TPSA) is 30.9 Å². The summed E-state index contributed by atoms with van der Waals surface area (Å²) in [4.78, 5) is 9.31. The molecule has 0 aliphatic carbocycles. The summed E-state index contributed by atoms with van der Waals surface area (Å²) in [7, 11) is 4.11. The minimum atomic E-state index is 0.652. The van der Waals surface area contributed by atoms with E-state index in [9.17, 15) is 0 Å². The van der Waals surface area contributed by atoms with Crippen molar-refractivity contribution in [2.24, 2.45) is 4.99 Å². The van der Waals surface area contributed by atoms with Gasteiger partial charge in [0.1, 0.15) is 0 Å². The zero-order valence-electron chi connectivity index (χ0n) is 13.2. The third kappa shape index (κ3) is 3.21. The molecule has 0 bridgehead atoms. The van der Waals surface area contributed by atoms with Crippen LogP contribution in [0.2, 0.25) is 0 Å². The second-order valence-corrected chi connectivity index (χ2v) is 6.15. The first-order valence-electron chi connectivity index (χ1n) is 8.00. The molecule has 1 fully saturated rings. The Bertz CT molecular complexity index is 511. The zero-order valence-corrected chi connectivity index (χ0v) is 13.2. The van der Waals surface area contributed by atoms with Gasteiger partial charge in [0.05, 0.1) is 0 Å².